The Morgan fingerprint density at radius 3 is 1.55 bits per heavy atom. The normalized spacial score (nSPS) is 14.0. The van der Waals surface area contributed by atoms with Crippen LogP contribution in [0.2, 0.25) is 0 Å². The van der Waals surface area contributed by atoms with Gasteiger partial charge in [-0.2, -0.15) is 0 Å². The summed E-state index contributed by atoms with van der Waals surface area (Å²) in [7, 11) is -3.87. The van der Waals surface area contributed by atoms with Crippen molar-refractivity contribution in [1.82, 2.24) is 0 Å². The third-order valence-corrected chi connectivity index (χ3v) is 5.90. The van der Waals surface area contributed by atoms with Crippen LogP contribution in [-0.2, 0) is 9.09 Å². The zero-order valence-corrected chi connectivity index (χ0v) is 19.2. The topological polar surface area (TPSA) is 44.8 Å². The van der Waals surface area contributed by atoms with E-state index in [1.54, 1.807) is 24.3 Å². The second kappa shape index (κ2) is 11.4. The molecule has 0 spiro atoms. The molecule has 0 N–H and O–H groups in total. The SMILES string of the molecule is CC(C)CC(C)CC(CC(C)C)OP(=O)(Oc1ccccc1)Oc1ccccc1. The summed E-state index contributed by atoms with van der Waals surface area (Å²) in [5.74, 6) is 2.40. The van der Waals surface area contributed by atoms with E-state index >= 15 is 0 Å². The van der Waals surface area contributed by atoms with Crippen molar-refractivity contribution in [2.24, 2.45) is 17.8 Å². The molecule has 0 fully saturated rings. The van der Waals surface area contributed by atoms with Crippen LogP contribution in [0.15, 0.2) is 60.7 Å². The first-order valence-electron chi connectivity index (χ1n) is 10.5. The summed E-state index contributed by atoms with van der Waals surface area (Å²) in [5, 5.41) is 0. The van der Waals surface area contributed by atoms with Gasteiger partial charge in [-0.05, 0) is 61.3 Å². The van der Waals surface area contributed by atoms with Crippen molar-refractivity contribution < 1.29 is 18.1 Å². The largest absolute Gasteiger partial charge is 0.587 e. The van der Waals surface area contributed by atoms with Gasteiger partial charge in [0.2, 0.25) is 0 Å². The highest BCUT2D eigenvalue weighted by molar-refractivity contribution is 7.49. The Hall–Kier alpha value is -1.77. The molecular formula is C24H35O4P. The van der Waals surface area contributed by atoms with Gasteiger partial charge in [-0.1, -0.05) is 71.0 Å². The van der Waals surface area contributed by atoms with Crippen LogP contribution in [0.25, 0.3) is 0 Å². The fourth-order valence-corrected chi connectivity index (χ4v) is 4.94. The predicted octanol–water partition coefficient (Wildman–Crippen LogP) is 7.76. The van der Waals surface area contributed by atoms with Gasteiger partial charge in [-0.25, -0.2) is 4.57 Å². The third kappa shape index (κ3) is 9.06. The molecule has 0 aliphatic heterocycles. The predicted molar refractivity (Wildman–Crippen MR) is 119 cm³/mol. The number of phosphoric acid groups is 1. The molecule has 2 atom stereocenters. The molecule has 5 heteroatoms. The summed E-state index contributed by atoms with van der Waals surface area (Å²) in [6, 6.07) is 18.1. The van der Waals surface area contributed by atoms with Gasteiger partial charge in [0.15, 0.2) is 0 Å². The van der Waals surface area contributed by atoms with Gasteiger partial charge in [0.1, 0.15) is 11.5 Å². The number of hydrogen-bond donors (Lipinski definition) is 0. The van der Waals surface area contributed by atoms with Crippen molar-refractivity contribution in [3.8, 4) is 11.5 Å². The molecule has 2 rings (SSSR count). The second-order valence-corrected chi connectivity index (χ2v) is 10.1. The van der Waals surface area contributed by atoms with E-state index < -0.39 is 7.82 Å². The highest BCUT2D eigenvalue weighted by Crippen LogP contribution is 2.51. The quantitative estimate of drug-likeness (QED) is 0.330. The van der Waals surface area contributed by atoms with E-state index in [-0.39, 0.29) is 6.10 Å². The molecular weight excluding hydrogens is 383 g/mol. The van der Waals surface area contributed by atoms with Gasteiger partial charge in [0.05, 0.1) is 6.10 Å². The Bertz CT molecular complexity index is 700. The Morgan fingerprint density at radius 1 is 0.690 bits per heavy atom. The van der Waals surface area contributed by atoms with Gasteiger partial charge in [-0.3, -0.25) is 4.52 Å². The molecule has 2 unspecified atom stereocenters. The van der Waals surface area contributed by atoms with Crippen LogP contribution in [0.1, 0.15) is 53.9 Å². The highest BCUT2D eigenvalue weighted by Gasteiger charge is 2.35. The van der Waals surface area contributed by atoms with Crippen LogP contribution in [0, 0.1) is 17.8 Å². The molecule has 4 nitrogen and oxygen atoms in total. The number of rotatable bonds is 12. The van der Waals surface area contributed by atoms with Crippen molar-refractivity contribution in [2.75, 3.05) is 0 Å². The zero-order valence-electron chi connectivity index (χ0n) is 18.3. The average Bonchev–Trinajstić information content (AvgIpc) is 2.61. The average molecular weight is 419 g/mol. The highest BCUT2D eigenvalue weighted by atomic mass is 31.2. The summed E-state index contributed by atoms with van der Waals surface area (Å²) in [5.41, 5.74) is 0. The number of benzene rings is 2. The van der Waals surface area contributed by atoms with Crippen LogP contribution in [0.3, 0.4) is 0 Å². The maximum absolute atomic E-state index is 13.7. The van der Waals surface area contributed by atoms with Crippen LogP contribution < -0.4 is 9.05 Å². The lowest BCUT2D eigenvalue weighted by Crippen LogP contribution is -2.21. The van der Waals surface area contributed by atoms with Gasteiger partial charge in [0, 0.05) is 0 Å². The number of hydrogen-bond acceptors (Lipinski definition) is 4. The molecule has 0 aromatic heterocycles. The molecule has 0 aliphatic carbocycles. The molecule has 0 radical (unpaired) electrons. The summed E-state index contributed by atoms with van der Waals surface area (Å²) in [4.78, 5) is 0. The second-order valence-electron chi connectivity index (χ2n) is 8.58. The Kier molecular flexibility index (Phi) is 9.26. The molecule has 0 saturated heterocycles. The van der Waals surface area contributed by atoms with Crippen LogP contribution >= 0.6 is 7.82 Å². The van der Waals surface area contributed by atoms with Gasteiger partial charge >= 0.3 is 7.82 Å². The summed E-state index contributed by atoms with van der Waals surface area (Å²) in [6.45, 7) is 10.9. The summed E-state index contributed by atoms with van der Waals surface area (Å²) < 4.78 is 31.4. The molecule has 160 valence electrons. The molecule has 0 saturated carbocycles. The molecule has 2 aromatic rings. The van der Waals surface area contributed by atoms with Crippen LogP contribution in [-0.4, -0.2) is 6.10 Å². The smallest absolute Gasteiger partial charge is 0.395 e. The Balaban J connectivity index is 2.22. The van der Waals surface area contributed by atoms with E-state index in [2.05, 4.69) is 34.6 Å². The van der Waals surface area contributed by atoms with E-state index in [4.69, 9.17) is 13.6 Å². The van der Waals surface area contributed by atoms with E-state index in [1.165, 1.54) is 0 Å². The van der Waals surface area contributed by atoms with Gasteiger partial charge < -0.3 is 9.05 Å². The minimum Gasteiger partial charge on any atom is -0.395 e. The van der Waals surface area contributed by atoms with E-state index in [0.717, 1.165) is 19.3 Å². The van der Waals surface area contributed by atoms with Gasteiger partial charge in [-0.15, -0.1) is 0 Å². The first-order chi connectivity index (χ1) is 13.8. The van der Waals surface area contributed by atoms with Crippen molar-refractivity contribution in [3.63, 3.8) is 0 Å². The monoisotopic (exact) mass is 418 g/mol. The van der Waals surface area contributed by atoms with Crippen LogP contribution in [0.5, 0.6) is 11.5 Å². The first-order valence-corrected chi connectivity index (χ1v) is 12.0. The maximum Gasteiger partial charge on any atom is 0.587 e. The molecule has 29 heavy (non-hydrogen) atoms. The van der Waals surface area contributed by atoms with Crippen molar-refractivity contribution in [1.29, 1.82) is 0 Å². The van der Waals surface area contributed by atoms with E-state index in [0.29, 0.717) is 29.3 Å². The number of phosphoric ester groups is 1. The lowest BCUT2D eigenvalue weighted by Gasteiger charge is -2.27. The van der Waals surface area contributed by atoms with E-state index in [9.17, 15) is 4.57 Å². The first kappa shape index (κ1) is 23.5. The fraction of sp³-hybridized carbons (Fsp3) is 0.500. The lowest BCUT2D eigenvalue weighted by atomic mass is 9.91. The number of para-hydroxylation sites is 2. The minimum absolute atomic E-state index is 0.206. The summed E-state index contributed by atoms with van der Waals surface area (Å²) >= 11 is 0. The summed E-state index contributed by atoms with van der Waals surface area (Å²) in [6.07, 6.45) is 2.50. The van der Waals surface area contributed by atoms with E-state index in [1.807, 2.05) is 36.4 Å². The lowest BCUT2D eigenvalue weighted by molar-refractivity contribution is 0.103. The molecule has 0 bridgehead atoms. The van der Waals surface area contributed by atoms with Crippen molar-refractivity contribution in [2.45, 2.75) is 60.0 Å². The Morgan fingerprint density at radius 2 is 1.14 bits per heavy atom. The molecule has 0 amide bonds. The standard InChI is InChI=1S/C24H35O4P/c1-19(2)16-21(5)18-24(17-20(3)4)28-29(25,26-22-12-8-6-9-13-22)27-23-14-10-7-11-15-23/h6-15,19-21,24H,16-18H2,1-5H3. The Labute approximate surface area is 176 Å². The fourth-order valence-electron chi connectivity index (χ4n) is 3.52. The maximum atomic E-state index is 13.7. The third-order valence-electron chi connectivity index (χ3n) is 4.47. The van der Waals surface area contributed by atoms with Crippen molar-refractivity contribution >= 4 is 7.82 Å². The minimum atomic E-state index is -3.87. The van der Waals surface area contributed by atoms with Gasteiger partial charge in [0.25, 0.3) is 0 Å². The van der Waals surface area contributed by atoms with Crippen molar-refractivity contribution in [3.05, 3.63) is 60.7 Å². The molecule has 0 aliphatic rings. The molecule has 2 aromatic carbocycles. The zero-order chi connectivity index (χ0) is 21.3. The molecule has 0 heterocycles. The van der Waals surface area contributed by atoms with Crippen LogP contribution in [0.4, 0.5) is 0 Å².